The van der Waals surface area contributed by atoms with E-state index in [0.29, 0.717) is 0 Å². The van der Waals surface area contributed by atoms with Crippen molar-refractivity contribution in [3.63, 3.8) is 0 Å². The number of thiazole rings is 1. The number of aliphatic hydroxyl groups is 1. The van der Waals surface area contributed by atoms with Crippen molar-refractivity contribution in [3.05, 3.63) is 33.6 Å². The highest BCUT2D eigenvalue weighted by Crippen LogP contribution is 2.34. The van der Waals surface area contributed by atoms with Gasteiger partial charge in [-0.15, -0.1) is 11.3 Å². The van der Waals surface area contributed by atoms with Crippen LogP contribution in [0.2, 0.25) is 0 Å². The lowest BCUT2D eigenvalue weighted by molar-refractivity contribution is 0.199. The fourth-order valence-corrected chi connectivity index (χ4v) is 3.08. The van der Waals surface area contributed by atoms with E-state index in [2.05, 4.69) is 11.1 Å². The van der Waals surface area contributed by atoms with Crippen molar-refractivity contribution >= 4 is 11.3 Å². The molecular formula is C14H15NO2S. The van der Waals surface area contributed by atoms with Crippen molar-refractivity contribution in [2.75, 3.05) is 6.61 Å². The second kappa shape index (κ2) is 4.37. The Morgan fingerprint density at radius 2 is 2.28 bits per heavy atom. The quantitative estimate of drug-likeness (QED) is 0.903. The first-order chi connectivity index (χ1) is 8.65. The van der Waals surface area contributed by atoms with E-state index < -0.39 is 6.10 Å². The van der Waals surface area contributed by atoms with E-state index >= 15 is 0 Å². The predicted molar refractivity (Wildman–Crippen MR) is 72.1 cm³/mol. The van der Waals surface area contributed by atoms with E-state index in [1.54, 1.807) is 18.3 Å². The van der Waals surface area contributed by atoms with Gasteiger partial charge in [0.2, 0.25) is 0 Å². The molecule has 2 heterocycles. The molecule has 94 valence electrons. The average molecular weight is 261 g/mol. The molecular weight excluding hydrogens is 246 g/mol. The van der Waals surface area contributed by atoms with Crippen molar-refractivity contribution < 1.29 is 9.84 Å². The standard InChI is InChI=1S/C14H15NO2S/c1-8(16)14-15-13(9(2)18-14)11-3-4-12-10(7-11)5-6-17-12/h3-4,7-8,16H,5-6H2,1-2H3. The van der Waals surface area contributed by atoms with Gasteiger partial charge in [0.15, 0.2) is 0 Å². The number of ether oxygens (including phenoxy) is 1. The highest BCUT2D eigenvalue weighted by Gasteiger charge is 2.16. The van der Waals surface area contributed by atoms with Gasteiger partial charge in [0.05, 0.1) is 12.3 Å². The molecule has 1 unspecified atom stereocenters. The molecule has 1 aliphatic rings. The zero-order valence-electron chi connectivity index (χ0n) is 10.4. The third-order valence-electron chi connectivity index (χ3n) is 3.13. The number of hydrogen-bond acceptors (Lipinski definition) is 4. The summed E-state index contributed by atoms with van der Waals surface area (Å²) in [7, 11) is 0. The molecule has 0 spiro atoms. The Kier molecular flexibility index (Phi) is 2.84. The van der Waals surface area contributed by atoms with Crippen LogP contribution >= 0.6 is 11.3 Å². The van der Waals surface area contributed by atoms with Gasteiger partial charge in [-0.25, -0.2) is 4.98 Å². The van der Waals surface area contributed by atoms with Crippen LogP contribution in [0, 0.1) is 6.92 Å². The van der Waals surface area contributed by atoms with Crippen LogP contribution < -0.4 is 4.74 Å². The van der Waals surface area contributed by atoms with Crippen molar-refractivity contribution in [2.45, 2.75) is 26.4 Å². The average Bonchev–Trinajstić information content (AvgIpc) is 2.93. The van der Waals surface area contributed by atoms with Gasteiger partial charge in [-0.05, 0) is 37.6 Å². The molecule has 0 amide bonds. The summed E-state index contributed by atoms with van der Waals surface area (Å²) in [6, 6.07) is 6.20. The van der Waals surface area contributed by atoms with Crippen molar-refractivity contribution in [1.82, 2.24) is 4.98 Å². The van der Waals surface area contributed by atoms with Gasteiger partial charge in [0.25, 0.3) is 0 Å². The van der Waals surface area contributed by atoms with E-state index in [4.69, 9.17) is 4.74 Å². The molecule has 1 aliphatic heterocycles. The minimum atomic E-state index is -0.500. The molecule has 0 saturated carbocycles. The summed E-state index contributed by atoms with van der Waals surface area (Å²) in [6.45, 7) is 4.56. The third kappa shape index (κ3) is 1.91. The number of aromatic nitrogens is 1. The molecule has 4 heteroatoms. The van der Waals surface area contributed by atoms with Crippen LogP contribution in [0.1, 0.15) is 28.5 Å². The zero-order chi connectivity index (χ0) is 12.7. The van der Waals surface area contributed by atoms with Crippen molar-refractivity contribution in [3.8, 4) is 17.0 Å². The molecule has 1 atom stereocenters. The van der Waals surface area contributed by atoms with Crippen LogP contribution in [0.25, 0.3) is 11.3 Å². The number of aryl methyl sites for hydroxylation is 1. The maximum absolute atomic E-state index is 9.59. The van der Waals surface area contributed by atoms with Crippen LogP contribution in [-0.4, -0.2) is 16.7 Å². The number of benzene rings is 1. The second-order valence-electron chi connectivity index (χ2n) is 4.55. The molecule has 0 aliphatic carbocycles. The van der Waals surface area contributed by atoms with Gasteiger partial charge >= 0.3 is 0 Å². The topological polar surface area (TPSA) is 42.4 Å². The molecule has 3 nitrogen and oxygen atoms in total. The smallest absolute Gasteiger partial charge is 0.122 e. The maximum atomic E-state index is 9.59. The Morgan fingerprint density at radius 3 is 3.00 bits per heavy atom. The molecule has 0 fully saturated rings. The van der Waals surface area contributed by atoms with Gasteiger partial charge in [-0.2, -0.15) is 0 Å². The molecule has 2 aromatic rings. The summed E-state index contributed by atoms with van der Waals surface area (Å²) in [5, 5.41) is 10.4. The summed E-state index contributed by atoms with van der Waals surface area (Å²) in [5.74, 6) is 0.988. The lowest BCUT2D eigenvalue weighted by Gasteiger charge is -2.02. The number of fused-ring (bicyclic) bond motifs is 1. The van der Waals surface area contributed by atoms with E-state index in [0.717, 1.165) is 39.9 Å². The predicted octanol–water partition coefficient (Wildman–Crippen LogP) is 3.11. The summed E-state index contributed by atoms with van der Waals surface area (Å²) in [5.41, 5.74) is 3.34. The molecule has 18 heavy (non-hydrogen) atoms. The molecule has 0 bridgehead atoms. The minimum absolute atomic E-state index is 0.500. The Labute approximate surface area is 110 Å². The number of nitrogens with zero attached hydrogens (tertiary/aromatic N) is 1. The van der Waals surface area contributed by atoms with Crippen LogP contribution in [0.4, 0.5) is 0 Å². The minimum Gasteiger partial charge on any atom is -0.493 e. The maximum Gasteiger partial charge on any atom is 0.122 e. The van der Waals surface area contributed by atoms with E-state index in [1.807, 2.05) is 19.1 Å². The Morgan fingerprint density at radius 1 is 1.44 bits per heavy atom. The Balaban J connectivity index is 2.04. The number of rotatable bonds is 2. The van der Waals surface area contributed by atoms with Gasteiger partial charge < -0.3 is 9.84 Å². The lowest BCUT2D eigenvalue weighted by Crippen LogP contribution is -1.89. The highest BCUT2D eigenvalue weighted by atomic mass is 32.1. The number of hydrogen-bond donors (Lipinski definition) is 1. The Hall–Kier alpha value is -1.39. The molecule has 1 N–H and O–H groups in total. The van der Waals surface area contributed by atoms with Crippen LogP contribution in [-0.2, 0) is 6.42 Å². The second-order valence-corrected chi connectivity index (χ2v) is 5.79. The SMILES string of the molecule is Cc1sc(C(C)O)nc1-c1ccc2c(c1)CCO2. The van der Waals surface area contributed by atoms with Crippen LogP contribution in [0.5, 0.6) is 5.75 Å². The fourth-order valence-electron chi connectivity index (χ4n) is 2.20. The van der Waals surface area contributed by atoms with E-state index in [-0.39, 0.29) is 0 Å². The van der Waals surface area contributed by atoms with Crippen molar-refractivity contribution in [2.24, 2.45) is 0 Å². The first-order valence-corrected chi connectivity index (χ1v) is 6.88. The van der Waals surface area contributed by atoms with Crippen molar-refractivity contribution in [1.29, 1.82) is 0 Å². The highest BCUT2D eigenvalue weighted by molar-refractivity contribution is 7.12. The van der Waals surface area contributed by atoms with Crippen LogP contribution in [0.3, 0.4) is 0 Å². The monoisotopic (exact) mass is 261 g/mol. The summed E-state index contributed by atoms with van der Waals surface area (Å²) < 4.78 is 5.51. The molecule has 0 saturated heterocycles. The fraction of sp³-hybridized carbons (Fsp3) is 0.357. The Bertz CT molecular complexity index is 589. The van der Waals surface area contributed by atoms with Gasteiger partial charge in [0.1, 0.15) is 16.9 Å². The normalized spacial score (nSPS) is 15.3. The first kappa shape index (κ1) is 11.7. The molecule has 1 aromatic heterocycles. The number of aliphatic hydroxyl groups excluding tert-OH is 1. The first-order valence-electron chi connectivity index (χ1n) is 6.06. The van der Waals surface area contributed by atoms with Gasteiger partial charge in [-0.1, -0.05) is 0 Å². The van der Waals surface area contributed by atoms with Gasteiger partial charge in [-0.3, -0.25) is 0 Å². The largest absolute Gasteiger partial charge is 0.493 e. The molecule has 3 rings (SSSR count). The zero-order valence-corrected chi connectivity index (χ0v) is 11.3. The third-order valence-corrected chi connectivity index (χ3v) is 4.27. The lowest BCUT2D eigenvalue weighted by atomic mass is 10.1. The summed E-state index contributed by atoms with van der Waals surface area (Å²) in [6.07, 6.45) is 0.468. The summed E-state index contributed by atoms with van der Waals surface area (Å²) in [4.78, 5) is 5.68. The van der Waals surface area contributed by atoms with Gasteiger partial charge in [0, 0.05) is 16.9 Å². The molecule has 0 radical (unpaired) electrons. The summed E-state index contributed by atoms with van der Waals surface area (Å²) >= 11 is 1.56. The van der Waals surface area contributed by atoms with E-state index in [9.17, 15) is 5.11 Å². The van der Waals surface area contributed by atoms with Crippen LogP contribution in [0.15, 0.2) is 18.2 Å². The van der Waals surface area contributed by atoms with E-state index in [1.165, 1.54) is 5.56 Å². The molecule has 1 aromatic carbocycles.